The Kier molecular flexibility index (Phi) is 14.9. The standard InChI is InChI=1S/C16H34O2/c1-4-7-9-10-11-12-15-18-16(13-6-3)17-14-8-5-2/h16H,4-15H2,1-3H3. The van der Waals surface area contributed by atoms with Crippen LogP contribution < -0.4 is 0 Å². The molecule has 0 saturated carbocycles. The highest BCUT2D eigenvalue weighted by Crippen LogP contribution is 2.09. The molecule has 0 rings (SSSR count). The second-order valence-corrected chi connectivity index (χ2v) is 5.08. The Balaban J connectivity index is 3.39. The van der Waals surface area contributed by atoms with Gasteiger partial charge in [0.2, 0.25) is 0 Å². The summed E-state index contributed by atoms with van der Waals surface area (Å²) in [5, 5.41) is 0. The van der Waals surface area contributed by atoms with E-state index in [9.17, 15) is 0 Å². The predicted octanol–water partition coefficient (Wildman–Crippen LogP) is 5.31. The van der Waals surface area contributed by atoms with Gasteiger partial charge in [0.05, 0.1) is 0 Å². The lowest BCUT2D eigenvalue weighted by Crippen LogP contribution is -2.18. The van der Waals surface area contributed by atoms with Crippen LogP contribution in [0.2, 0.25) is 0 Å². The van der Waals surface area contributed by atoms with E-state index in [1.54, 1.807) is 0 Å². The SMILES string of the molecule is CCCCCCCCOC(CCC)OCCCC. The molecule has 0 aromatic carbocycles. The van der Waals surface area contributed by atoms with E-state index in [2.05, 4.69) is 20.8 Å². The van der Waals surface area contributed by atoms with E-state index >= 15 is 0 Å². The van der Waals surface area contributed by atoms with Crippen molar-refractivity contribution >= 4 is 0 Å². The fourth-order valence-electron chi connectivity index (χ4n) is 1.91. The van der Waals surface area contributed by atoms with E-state index < -0.39 is 0 Å². The Morgan fingerprint density at radius 3 is 1.78 bits per heavy atom. The molecular weight excluding hydrogens is 224 g/mol. The van der Waals surface area contributed by atoms with Crippen LogP contribution in [0.4, 0.5) is 0 Å². The van der Waals surface area contributed by atoms with Crippen molar-refractivity contribution in [2.75, 3.05) is 13.2 Å². The average molecular weight is 258 g/mol. The summed E-state index contributed by atoms with van der Waals surface area (Å²) >= 11 is 0. The highest BCUT2D eigenvalue weighted by molar-refractivity contribution is 4.47. The van der Waals surface area contributed by atoms with Crippen LogP contribution in [0.1, 0.15) is 85.0 Å². The fourth-order valence-corrected chi connectivity index (χ4v) is 1.91. The number of unbranched alkanes of at least 4 members (excludes halogenated alkanes) is 6. The fraction of sp³-hybridized carbons (Fsp3) is 1.00. The molecule has 0 aliphatic rings. The van der Waals surface area contributed by atoms with E-state index in [0.29, 0.717) is 0 Å². The molecule has 0 spiro atoms. The molecule has 0 N–H and O–H groups in total. The monoisotopic (exact) mass is 258 g/mol. The third-order valence-corrected chi connectivity index (χ3v) is 3.13. The second kappa shape index (κ2) is 15.0. The molecule has 0 aromatic heterocycles. The third-order valence-electron chi connectivity index (χ3n) is 3.13. The molecule has 0 fully saturated rings. The largest absolute Gasteiger partial charge is 0.353 e. The molecule has 0 bridgehead atoms. The van der Waals surface area contributed by atoms with Crippen LogP contribution in [0.25, 0.3) is 0 Å². The summed E-state index contributed by atoms with van der Waals surface area (Å²) in [5.41, 5.74) is 0. The molecule has 2 heteroatoms. The smallest absolute Gasteiger partial charge is 0.157 e. The molecule has 0 heterocycles. The highest BCUT2D eigenvalue weighted by Gasteiger charge is 2.07. The molecule has 0 aliphatic carbocycles. The van der Waals surface area contributed by atoms with Crippen LogP contribution in [0.5, 0.6) is 0 Å². The molecule has 0 aromatic rings. The minimum absolute atomic E-state index is 0.0391. The van der Waals surface area contributed by atoms with Gasteiger partial charge in [0, 0.05) is 13.2 Å². The Morgan fingerprint density at radius 1 is 0.611 bits per heavy atom. The van der Waals surface area contributed by atoms with Crippen molar-refractivity contribution in [1.82, 2.24) is 0 Å². The van der Waals surface area contributed by atoms with Crippen LogP contribution in [-0.2, 0) is 9.47 Å². The third kappa shape index (κ3) is 12.4. The van der Waals surface area contributed by atoms with E-state index in [0.717, 1.165) is 32.5 Å². The average Bonchev–Trinajstić information content (AvgIpc) is 2.38. The lowest BCUT2D eigenvalue weighted by Gasteiger charge is -2.17. The lowest BCUT2D eigenvalue weighted by molar-refractivity contribution is -0.147. The summed E-state index contributed by atoms with van der Waals surface area (Å²) in [7, 11) is 0. The van der Waals surface area contributed by atoms with E-state index in [-0.39, 0.29) is 6.29 Å². The van der Waals surface area contributed by atoms with Gasteiger partial charge in [-0.15, -0.1) is 0 Å². The first-order chi connectivity index (χ1) is 8.85. The van der Waals surface area contributed by atoms with Crippen LogP contribution >= 0.6 is 0 Å². The summed E-state index contributed by atoms with van der Waals surface area (Å²) in [6, 6.07) is 0. The van der Waals surface area contributed by atoms with Gasteiger partial charge in [-0.3, -0.25) is 0 Å². The summed E-state index contributed by atoms with van der Waals surface area (Å²) < 4.78 is 11.6. The first-order valence-electron chi connectivity index (χ1n) is 8.08. The van der Waals surface area contributed by atoms with Crippen molar-refractivity contribution < 1.29 is 9.47 Å². The van der Waals surface area contributed by atoms with Gasteiger partial charge < -0.3 is 9.47 Å². The number of hydrogen-bond donors (Lipinski definition) is 0. The molecule has 1 atom stereocenters. The molecule has 0 radical (unpaired) electrons. The number of rotatable bonds is 14. The minimum atomic E-state index is 0.0391. The Morgan fingerprint density at radius 2 is 1.17 bits per heavy atom. The van der Waals surface area contributed by atoms with Gasteiger partial charge in [-0.05, 0) is 19.3 Å². The van der Waals surface area contributed by atoms with E-state index in [1.807, 2.05) is 0 Å². The summed E-state index contributed by atoms with van der Waals surface area (Å²) in [5.74, 6) is 0. The molecule has 18 heavy (non-hydrogen) atoms. The zero-order valence-corrected chi connectivity index (χ0v) is 12.9. The number of ether oxygens (including phenoxy) is 2. The van der Waals surface area contributed by atoms with Gasteiger partial charge in [-0.1, -0.05) is 65.7 Å². The first-order valence-corrected chi connectivity index (χ1v) is 8.08. The zero-order chi connectivity index (χ0) is 13.5. The van der Waals surface area contributed by atoms with E-state index in [1.165, 1.54) is 44.9 Å². The summed E-state index contributed by atoms with van der Waals surface area (Å²) in [4.78, 5) is 0. The van der Waals surface area contributed by atoms with Crippen LogP contribution in [0.15, 0.2) is 0 Å². The maximum atomic E-state index is 5.81. The molecule has 110 valence electrons. The Hall–Kier alpha value is -0.0800. The van der Waals surface area contributed by atoms with Crippen molar-refractivity contribution in [3.63, 3.8) is 0 Å². The topological polar surface area (TPSA) is 18.5 Å². The van der Waals surface area contributed by atoms with E-state index in [4.69, 9.17) is 9.47 Å². The van der Waals surface area contributed by atoms with Crippen molar-refractivity contribution in [2.24, 2.45) is 0 Å². The predicted molar refractivity (Wildman–Crippen MR) is 78.9 cm³/mol. The molecule has 0 aliphatic heterocycles. The number of hydrogen-bond acceptors (Lipinski definition) is 2. The molecule has 0 saturated heterocycles. The van der Waals surface area contributed by atoms with Crippen LogP contribution in [-0.4, -0.2) is 19.5 Å². The first kappa shape index (κ1) is 17.9. The summed E-state index contributed by atoms with van der Waals surface area (Å²) in [6.45, 7) is 8.34. The van der Waals surface area contributed by atoms with Crippen molar-refractivity contribution in [1.29, 1.82) is 0 Å². The Labute approximate surface area is 114 Å². The second-order valence-electron chi connectivity index (χ2n) is 5.08. The van der Waals surface area contributed by atoms with Gasteiger partial charge >= 0.3 is 0 Å². The maximum absolute atomic E-state index is 5.81. The van der Waals surface area contributed by atoms with Gasteiger partial charge in [0.25, 0.3) is 0 Å². The molecule has 0 amide bonds. The summed E-state index contributed by atoms with van der Waals surface area (Å²) in [6.07, 6.45) is 12.4. The molecular formula is C16H34O2. The lowest BCUT2D eigenvalue weighted by atomic mass is 10.1. The highest BCUT2D eigenvalue weighted by atomic mass is 16.7. The van der Waals surface area contributed by atoms with Gasteiger partial charge in [0.15, 0.2) is 6.29 Å². The van der Waals surface area contributed by atoms with Crippen molar-refractivity contribution in [2.45, 2.75) is 91.3 Å². The quantitative estimate of drug-likeness (QED) is 0.311. The van der Waals surface area contributed by atoms with Gasteiger partial charge in [-0.25, -0.2) is 0 Å². The van der Waals surface area contributed by atoms with Crippen LogP contribution in [0.3, 0.4) is 0 Å². The van der Waals surface area contributed by atoms with Crippen LogP contribution in [0, 0.1) is 0 Å². The van der Waals surface area contributed by atoms with Crippen molar-refractivity contribution in [3.05, 3.63) is 0 Å². The zero-order valence-electron chi connectivity index (χ0n) is 12.9. The normalized spacial score (nSPS) is 12.8. The van der Waals surface area contributed by atoms with Gasteiger partial charge in [0.1, 0.15) is 0 Å². The Bertz CT molecular complexity index is 148. The molecule has 2 nitrogen and oxygen atoms in total. The van der Waals surface area contributed by atoms with Gasteiger partial charge in [-0.2, -0.15) is 0 Å². The minimum Gasteiger partial charge on any atom is -0.353 e. The molecule has 1 unspecified atom stereocenters. The van der Waals surface area contributed by atoms with Crippen molar-refractivity contribution in [3.8, 4) is 0 Å². The maximum Gasteiger partial charge on any atom is 0.157 e.